The molecule has 0 saturated heterocycles. The number of amides is 1. The molecule has 2 aromatic heterocycles. The minimum atomic E-state index is -0.472. The number of hydrogen-bond acceptors (Lipinski definition) is 7. The van der Waals surface area contributed by atoms with E-state index in [1.165, 1.54) is 30.2 Å². The maximum absolute atomic E-state index is 11.9. The van der Waals surface area contributed by atoms with E-state index in [0.29, 0.717) is 11.3 Å². The molecular formula is C11H11N5O3S2. The molecule has 0 saturated carbocycles. The van der Waals surface area contributed by atoms with Gasteiger partial charge in [0, 0.05) is 24.1 Å². The van der Waals surface area contributed by atoms with Gasteiger partial charge in [-0.25, -0.2) is 10.4 Å². The van der Waals surface area contributed by atoms with Gasteiger partial charge in [-0.2, -0.15) is 5.10 Å². The number of carbonyl (C=O) groups excluding carboxylic acids is 1. The van der Waals surface area contributed by atoms with Crippen LogP contribution in [-0.4, -0.2) is 32.9 Å². The summed E-state index contributed by atoms with van der Waals surface area (Å²) in [4.78, 5) is 26.0. The molecule has 0 radical (unpaired) electrons. The molecular weight excluding hydrogens is 314 g/mol. The zero-order valence-corrected chi connectivity index (χ0v) is 12.8. The van der Waals surface area contributed by atoms with Gasteiger partial charge in [0.05, 0.1) is 17.3 Å². The fraction of sp³-hybridized carbons (Fsp3) is 0.182. The number of thioether (sulfide) groups is 1. The summed E-state index contributed by atoms with van der Waals surface area (Å²) in [5.41, 5.74) is 3.30. The van der Waals surface area contributed by atoms with E-state index in [1.54, 1.807) is 17.0 Å². The van der Waals surface area contributed by atoms with E-state index in [9.17, 15) is 14.9 Å². The zero-order chi connectivity index (χ0) is 15.4. The van der Waals surface area contributed by atoms with Crippen LogP contribution in [0.15, 0.2) is 27.9 Å². The first-order valence-corrected chi connectivity index (χ1v) is 7.75. The van der Waals surface area contributed by atoms with Gasteiger partial charge in [-0.15, -0.1) is 0 Å². The fourth-order valence-electron chi connectivity index (χ4n) is 1.52. The van der Waals surface area contributed by atoms with E-state index in [0.717, 1.165) is 16.5 Å². The summed E-state index contributed by atoms with van der Waals surface area (Å²) in [5, 5.41) is 16.7. The molecule has 0 bridgehead atoms. The summed E-state index contributed by atoms with van der Waals surface area (Å²) in [6.45, 7) is 0. The van der Waals surface area contributed by atoms with Crippen LogP contribution >= 0.6 is 23.1 Å². The number of aromatic nitrogens is 2. The summed E-state index contributed by atoms with van der Waals surface area (Å²) in [7, 11) is 1.74. The smallest absolute Gasteiger partial charge is 0.318 e. The summed E-state index contributed by atoms with van der Waals surface area (Å²) >= 11 is 2.43. The van der Waals surface area contributed by atoms with Gasteiger partial charge in [0.15, 0.2) is 5.16 Å². The lowest BCUT2D eigenvalue weighted by molar-refractivity contribution is -0.380. The topological polar surface area (TPSA) is 102 Å². The molecule has 110 valence electrons. The van der Waals surface area contributed by atoms with Gasteiger partial charge in [0.25, 0.3) is 5.91 Å². The molecule has 0 spiro atoms. The molecule has 1 amide bonds. The highest BCUT2D eigenvalue weighted by molar-refractivity contribution is 7.98. The third-order valence-corrected chi connectivity index (χ3v) is 4.17. The Bertz CT molecular complexity index is 707. The first kappa shape index (κ1) is 15.2. The van der Waals surface area contributed by atoms with Crippen molar-refractivity contribution in [3.05, 3.63) is 39.0 Å². The monoisotopic (exact) mass is 325 g/mol. The first-order valence-electron chi connectivity index (χ1n) is 5.65. The predicted molar refractivity (Wildman–Crippen MR) is 81.0 cm³/mol. The lowest BCUT2D eigenvalue weighted by Gasteiger charge is -2.02. The van der Waals surface area contributed by atoms with Gasteiger partial charge in [-0.1, -0.05) is 23.1 Å². The van der Waals surface area contributed by atoms with Crippen molar-refractivity contribution in [2.75, 3.05) is 6.26 Å². The number of nitrogens with one attached hydrogen (secondary N) is 1. The molecule has 0 aliphatic rings. The number of nitrogens with zero attached hydrogens (tertiary/aromatic N) is 4. The minimum absolute atomic E-state index is 0.0269. The molecule has 8 nitrogen and oxygen atoms in total. The van der Waals surface area contributed by atoms with Crippen LogP contribution in [-0.2, 0) is 7.05 Å². The van der Waals surface area contributed by atoms with Crippen LogP contribution in [0.3, 0.4) is 0 Å². The number of hydrogen-bond donors (Lipinski definition) is 1. The summed E-state index contributed by atoms with van der Waals surface area (Å²) in [6.07, 6.45) is 4.69. The Hall–Kier alpha value is -2.20. The molecule has 2 heterocycles. The van der Waals surface area contributed by atoms with Gasteiger partial charge in [-0.05, 0) is 6.26 Å². The van der Waals surface area contributed by atoms with Crippen molar-refractivity contribution < 1.29 is 9.72 Å². The number of carbonyl (C=O) groups is 1. The van der Waals surface area contributed by atoms with Crippen LogP contribution < -0.4 is 5.43 Å². The normalized spacial score (nSPS) is 11.0. The third kappa shape index (κ3) is 3.47. The number of rotatable bonds is 5. The maximum Gasteiger partial charge on any atom is 0.324 e. The Balaban J connectivity index is 2.01. The molecule has 2 rings (SSSR count). The van der Waals surface area contributed by atoms with E-state index in [-0.39, 0.29) is 5.00 Å². The largest absolute Gasteiger partial charge is 0.324 e. The van der Waals surface area contributed by atoms with E-state index in [1.807, 2.05) is 6.26 Å². The van der Waals surface area contributed by atoms with Crippen LogP contribution in [0.1, 0.15) is 16.1 Å². The zero-order valence-electron chi connectivity index (χ0n) is 11.1. The molecule has 0 aliphatic heterocycles. The highest BCUT2D eigenvalue weighted by atomic mass is 32.2. The van der Waals surface area contributed by atoms with E-state index >= 15 is 0 Å². The quantitative estimate of drug-likeness (QED) is 0.391. The number of hydrazone groups is 1. The Morgan fingerprint density at radius 2 is 2.43 bits per heavy atom. The van der Waals surface area contributed by atoms with Crippen molar-refractivity contribution >= 4 is 40.2 Å². The third-order valence-electron chi connectivity index (χ3n) is 2.53. The minimum Gasteiger partial charge on any atom is -0.318 e. The van der Waals surface area contributed by atoms with Gasteiger partial charge in [0.2, 0.25) is 0 Å². The average Bonchev–Trinajstić information content (AvgIpc) is 3.05. The van der Waals surface area contributed by atoms with Gasteiger partial charge < -0.3 is 4.57 Å². The van der Waals surface area contributed by atoms with Crippen LogP contribution in [0.5, 0.6) is 0 Å². The molecule has 21 heavy (non-hydrogen) atoms. The molecule has 0 atom stereocenters. The van der Waals surface area contributed by atoms with Crippen LogP contribution in [0.2, 0.25) is 0 Å². The lowest BCUT2D eigenvalue weighted by atomic mass is 10.4. The number of nitro groups is 1. The molecule has 2 aromatic rings. The van der Waals surface area contributed by atoms with Crippen LogP contribution in [0, 0.1) is 10.1 Å². The van der Waals surface area contributed by atoms with Gasteiger partial charge >= 0.3 is 5.00 Å². The maximum atomic E-state index is 11.9. The predicted octanol–water partition coefficient (Wildman–Crippen LogP) is 1.88. The van der Waals surface area contributed by atoms with Crippen molar-refractivity contribution in [1.29, 1.82) is 0 Å². The highest BCUT2D eigenvalue weighted by Crippen LogP contribution is 2.21. The van der Waals surface area contributed by atoms with Crippen LogP contribution in [0.4, 0.5) is 5.00 Å². The van der Waals surface area contributed by atoms with E-state index in [4.69, 9.17) is 0 Å². The van der Waals surface area contributed by atoms with Crippen molar-refractivity contribution in [1.82, 2.24) is 15.0 Å². The lowest BCUT2D eigenvalue weighted by Crippen LogP contribution is -2.20. The molecule has 0 aliphatic carbocycles. The second kappa shape index (κ2) is 6.50. The number of thiophene rings is 1. The Morgan fingerprint density at radius 3 is 3.00 bits per heavy atom. The second-order valence-electron chi connectivity index (χ2n) is 3.86. The van der Waals surface area contributed by atoms with Crippen molar-refractivity contribution in [3.8, 4) is 0 Å². The van der Waals surface area contributed by atoms with Crippen molar-refractivity contribution in [3.63, 3.8) is 0 Å². The van der Waals surface area contributed by atoms with E-state index < -0.39 is 10.8 Å². The summed E-state index contributed by atoms with van der Waals surface area (Å²) in [5.74, 6) is -0.397. The molecule has 10 heteroatoms. The molecule has 0 aromatic carbocycles. The highest BCUT2D eigenvalue weighted by Gasteiger charge is 2.13. The van der Waals surface area contributed by atoms with Crippen molar-refractivity contribution in [2.45, 2.75) is 5.16 Å². The SMILES string of the molecule is CSc1ncc(C(=O)N/N=C/c2csc([N+](=O)[O-])c2)n1C. The van der Waals surface area contributed by atoms with Crippen LogP contribution in [0.25, 0.3) is 0 Å². The average molecular weight is 325 g/mol. The Labute approximate surface area is 128 Å². The second-order valence-corrected chi connectivity index (χ2v) is 5.53. The van der Waals surface area contributed by atoms with Gasteiger partial charge in [0.1, 0.15) is 5.69 Å². The number of imidazole rings is 1. The molecule has 1 N–H and O–H groups in total. The summed E-state index contributed by atoms with van der Waals surface area (Å²) in [6, 6.07) is 1.39. The first-order chi connectivity index (χ1) is 10.0. The Morgan fingerprint density at radius 1 is 1.67 bits per heavy atom. The molecule has 0 unspecified atom stereocenters. The van der Waals surface area contributed by atoms with Gasteiger partial charge in [-0.3, -0.25) is 14.9 Å². The summed E-state index contributed by atoms with van der Waals surface area (Å²) < 4.78 is 1.66. The standard InChI is InChI=1S/C11H11N5O3S2/c1-15-8(5-12-11(15)20-2)10(17)14-13-4-7-3-9(16(18)19)21-6-7/h3-6H,1-2H3,(H,14,17)/b13-4+. The molecule has 0 fully saturated rings. The Kier molecular flexibility index (Phi) is 4.70. The van der Waals surface area contributed by atoms with E-state index in [2.05, 4.69) is 15.5 Å². The fourth-order valence-corrected chi connectivity index (χ4v) is 2.72. The van der Waals surface area contributed by atoms with Crippen molar-refractivity contribution in [2.24, 2.45) is 12.1 Å².